The number of aliphatic hydroxyl groups excluding tert-OH is 1. The van der Waals surface area contributed by atoms with Gasteiger partial charge >= 0.3 is 0 Å². The minimum absolute atomic E-state index is 0.458. The van der Waals surface area contributed by atoms with Crippen molar-refractivity contribution in [3.05, 3.63) is 28.8 Å². The van der Waals surface area contributed by atoms with Gasteiger partial charge in [0.15, 0.2) is 0 Å². The van der Waals surface area contributed by atoms with Crippen molar-refractivity contribution >= 4 is 17.3 Å². The van der Waals surface area contributed by atoms with Gasteiger partial charge in [0.1, 0.15) is 0 Å². The van der Waals surface area contributed by atoms with E-state index in [2.05, 4.69) is 11.8 Å². The van der Waals surface area contributed by atoms with Crippen LogP contribution in [0.2, 0.25) is 5.02 Å². The summed E-state index contributed by atoms with van der Waals surface area (Å²) in [6.07, 6.45) is 2.24. The number of hydrogen-bond donors (Lipinski definition) is 1. The molecule has 1 aromatic carbocycles. The molecule has 0 bridgehead atoms. The Morgan fingerprint density at radius 3 is 2.65 bits per heavy atom. The lowest BCUT2D eigenvalue weighted by atomic mass is 10.1. The van der Waals surface area contributed by atoms with E-state index in [1.54, 1.807) is 6.92 Å². The molecular formula is C14H20ClNO. The minimum atomic E-state index is -0.458. The molecule has 1 aliphatic carbocycles. The second-order valence-electron chi connectivity index (χ2n) is 4.87. The SMILES string of the molecule is CCN(CC1CC1)c1ccc([C@@H](C)O)cc1Cl. The molecule has 3 heteroatoms. The van der Waals surface area contributed by atoms with Crippen molar-refractivity contribution in [2.45, 2.75) is 32.8 Å². The monoisotopic (exact) mass is 253 g/mol. The van der Waals surface area contributed by atoms with E-state index in [9.17, 15) is 5.11 Å². The molecule has 1 aromatic rings. The van der Waals surface area contributed by atoms with Crippen molar-refractivity contribution in [3.8, 4) is 0 Å². The molecule has 1 saturated carbocycles. The van der Waals surface area contributed by atoms with Gasteiger partial charge < -0.3 is 10.0 Å². The lowest BCUT2D eigenvalue weighted by molar-refractivity contribution is 0.199. The van der Waals surface area contributed by atoms with Crippen molar-refractivity contribution in [3.63, 3.8) is 0 Å². The van der Waals surface area contributed by atoms with E-state index < -0.39 is 6.10 Å². The van der Waals surface area contributed by atoms with E-state index in [0.29, 0.717) is 0 Å². The number of halogens is 1. The molecular weight excluding hydrogens is 234 g/mol. The third kappa shape index (κ3) is 3.14. The van der Waals surface area contributed by atoms with Crippen LogP contribution in [0.1, 0.15) is 38.4 Å². The Balaban J connectivity index is 2.17. The average molecular weight is 254 g/mol. The van der Waals surface area contributed by atoms with E-state index in [-0.39, 0.29) is 0 Å². The fraction of sp³-hybridized carbons (Fsp3) is 0.571. The first-order chi connectivity index (χ1) is 8.11. The van der Waals surface area contributed by atoms with Crippen LogP contribution in [0.5, 0.6) is 0 Å². The Morgan fingerprint density at radius 2 is 2.18 bits per heavy atom. The maximum atomic E-state index is 9.52. The third-order valence-electron chi connectivity index (χ3n) is 3.35. The predicted octanol–water partition coefficient (Wildman–Crippen LogP) is 3.63. The van der Waals surface area contributed by atoms with Gasteiger partial charge in [-0.05, 0) is 50.3 Å². The molecule has 0 radical (unpaired) electrons. The summed E-state index contributed by atoms with van der Waals surface area (Å²) in [6.45, 7) is 5.99. The van der Waals surface area contributed by atoms with Crippen LogP contribution < -0.4 is 4.90 Å². The van der Waals surface area contributed by atoms with Gasteiger partial charge in [-0.1, -0.05) is 17.7 Å². The standard InChI is InChI=1S/C14H20ClNO/c1-3-16(9-11-4-5-11)14-7-6-12(10(2)17)8-13(14)15/h6-8,10-11,17H,3-5,9H2,1-2H3/t10-/m1/s1. The largest absolute Gasteiger partial charge is 0.389 e. The van der Waals surface area contributed by atoms with Crippen LogP contribution in [0.25, 0.3) is 0 Å². The topological polar surface area (TPSA) is 23.5 Å². The number of nitrogens with zero attached hydrogens (tertiary/aromatic N) is 1. The second kappa shape index (κ2) is 5.28. The van der Waals surface area contributed by atoms with Crippen LogP contribution in [0.4, 0.5) is 5.69 Å². The lowest BCUT2D eigenvalue weighted by Crippen LogP contribution is -2.25. The molecule has 0 saturated heterocycles. The molecule has 1 atom stereocenters. The van der Waals surface area contributed by atoms with Crippen LogP contribution in [0, 0.1) is 5.92 Å². The van der Waals surface area contributed by atoms with Crippen LogP contribution in [-0.4, -0.2) is 18.2 Å². The van der Waals surface area contributed by atoms with Gasteiger partial charge in [0.2, 0.25) is 0 Å². The van der Waals surface area contributed by atoms with Crippen molar-refractivity contribution in [1.82, 2.24) is 0 Å². The second-order valence-corrected chi connectivity index (χ2v) is 5.28. The molecule has 1 N–H and O–H groups in total. The summed E-state index contributed by atoms with van der Waals surface area (Å²) >= 11 is 6.30. The molecule has 0 aromatic heterocycles. The van der Waals surface area contributed by atoms with Gasteiger partial charge in [-0.3, -0.25) is 0 Å². The van der Waals surface area contributed by atoms with Crippen molar-refractivity contribution in [2.24, 2.45) is 5.92 Å². The quantitative estimate of drug-likeness (QED) is 0.866. The van der Waals surface area contributed by atoms with E-state index in [1.165, 1.54) is 12.8 Å². The van der Waals surface area contributed by atoms with Gasteiger partial charge in [-0.25, -0.2) is 0 Å². The van der Waals surface area contributed by atoms with Crippen LogP contribution in [0.3, 0.4) is 0 Å². The van der Waals surface area contributed by atoms with E-state index in [1.807, 2.05) is 18.2 Å². The number of benzene rings is 1. The summed E-state index contributed by atoms with van der Waals surface area (Å²) < 4.78 is 0. The molecule has 0 spiro atoms. The first-order valence-corrected chi connectivity index (χ1v) is 6.72. The highest BCUT2D eigenvalue weighted by Gasteiger charge is 2.24. The van der Waals surface area contributed by atoms with Crippen LogP contribution in [0.15, 0.2) is 18.2 Å². The molecule has 1 aliphatic rings. The molecule has 0 aliphatic heterocycles. The van der Waals surface area contributed by atoms with Gasteiger partial charge in [0.05, 0.1) is 16.8 Å². The van der Waals surface area contributed by atoms with Crippen molar-refractivity contribution in [1.29, 1.82) is 0 Å². The normalized spacial score (nSPS) is 16.9. The summed E-state index contributed by atoms with van der Waals surface area (Å²) in [7, 11) is 0. The van der Waals surface area contributed by atoms with E-state index in [0.717, 1.165) is 35.3 Å². The van der Waals surface area contributed by atoms with Gasteiger partial charge in [-0.2, -0.15) is 0 Å². The van der Waals surface area contributed by atoms with E-state index >= 15 is 0 Å². The number of rotatable bonds is 5. The average Bonchev–Trinajstić information content (AvgIpc) is 3.10. The third-order valence-corrected chi connectivity index (χ3v) is 3.65. The van der Waals surface area contributed by atoms with Crippen molar-refractivity contribution < 1.29 is 5.11 Å². The number of hydrogen-bond acceptors (Lipinski definition) is 2. The Morgan fingerprint density at radius 1 is 1.47 bits per heavy atom. The number of aliphatic hydroxyl groups is 1. The fourth-order valence-electron chi connectivity index (χ4n) is 2.05. The van der Waals surface area contributed by atoms with E-state index in [4.69, 9.17) is 11.6 Å². The Kier molecular flexibility index (Phi) is 3.95. The highest BCUT2D eigenvalue weighted by atomic mass is 35.5. The smallest absolute Gasteiger partial charge is 0.0762 e. The first kappa shape index (κ1) is 12.7. The summed E-state index contributed by atoms with van der Waals surface area (Å²) in [5.74, 6) is 0.849. The first-order valence-electron chi connectivity index (χ1n) is 6.34. The molecule has 17 heavy (non-hydrogen) atoms. The molecule has 1 fully saturated rings. The zero-order valence-electron chi connectivity index (χ0n) is 10.5. The maximum absolute atomic E-state index is 9.52. The summed E-state index contributed by atoms with van der Waals surface area (Å²) in [5.41, 5.74) is 1.96. The Hall–Kier alpha value is -0.730. The van der Waals surface area contributed by atoms with Gasteiger partial charge in [0.25, 0.3) is 0 Å². The fourth-order valence-corrected chi connectivity index (χ4v) is 2.36. The molecule has 2 rings (SSSR count). The van der Waals surface area contributed by atoms with Gasteiger partial charge in [0, 0.05) is 13.1 Å². The molecule has 0 unspecified atom stereocenters. The molecule has 94 valence electrons. The summed E-state index contributed by atoms with van der Waals surface area (Å²) in [5, 5.41) is 10.3. The molecule has 0 heterocycles. The lowest BCUT2D eigenvalue weighted by Gasteiger charge is -2.24. The minimum Gasteiger partial charge on any atom is -0.389 e. The highest BCUT2D eigenvalue weighted by Crippen LogP contribution is 2.34. The Bertz CT molecular complexity index is 388. The zero-order valence-corrected chi connectivity index (χ0v) is 11.2. The maximum Gasteiger partial charge on any atom is 0.0762 e. The highest BCUT2D eigenvalue weighted by molar-refractivity contribution is 6.33. The zero-order chi connectivity index (χ0) is 12.4. The molecule has 0 amide bonds. The Labute approximate surface area is 108 Å². The predicted molar refractivity (Wildman–Crippen MR) is 72.7 cm³/mol. The van der Waals surface area contributed by atoms with Crippen molar-refractivity contribution in [2.75, 3.05) is 18.0 Å². The number of anilines is 1. The van der Waals surface area contributed by atoms with Gasteiger partial charge in [-0.15, -0.1) is 0 Å². The molecule has 2 nitrogen and oxygen atoms in total. The van der Waals surface area contributed by atoms with Crippen LogP contribution >= 0.6 is 11.6 Å². The van der Waals surface area contributed by atoms with Crippen LogP contribution in [-0.2, 0) is 0 Å². The summed E-state index contributed by atoms with van der Waals surface area (Å²) in [4.78, 5) is 2.33. The summed E-state index contributed by atoms with van der Waals surface area (Å²) in [6, 6.07) is 5.86.